The van der Waals surface area contributed by atoms with Crippen LogP contribution in [-0.2, 0) is 0 Å². The van der Waals surface area contributed by atoms with Gasteiger partial charge < -0.3 is 9.80 Å². The fourth-order valence-electron chi connectivity index (χ4n) is 9.15. The molecule has 0 bridgehead atoms. The number of fused-ring (bicyclic) bond motifs is 4. The van der Waals surface area contributed by atoms with Crippen molar-refractivity contribution in [2.45, 2.75) is 38.5 Å². The first-order valence-electron chi connectivity index (χ1n) is 19.4. The van der Waals surface area contributed by atoms with Crippen LogP contribution in [0.2, 0.25) is 0 Å². The lowest BCUT2D eigenvalue weighted by Crippen LogP contribution is -2.29. The molecule has 0 unspecified atom stereocenters. The van der Waals surface area contributed by atoms with Crippen LogP contribution in [0, 0.1) is 0 Å². The van der Waals surface area contributed by atoms with E-state index in [2.05, 4.69) is 155 Å². The SMILES string of the molecule is c1ccc(-c2cc3ccccc3cc2-c2c3ccc(N4CCCCC4)cc3c(-c3ccc4ccccc4c3)c3ccc(N4CCCCC4)cc23)cc1. The molecule has 8 aromatic rings. The van der Waals surface area contributed by atoms with Gasteiger partial charge >= 0.3 is 0 Å². The quantitative estimate of drug-likeness (QED) is 0.168. The number of anilines is 2. The van der Waals surface area contributed by atoms with Gasteiger partial charge in [-0.05, 0) is 157 Å². The zero-order valence-corrected chi connectivity index (χ0v) is 29.8. The molecular weight excluding hydrogens is 629 g/mol. The Balaban J connectivity index is 1.35. The number of rotatable bonds is 5. The molecule has 254 valence electrons. The maximum atomic E-state index is 2.62. The van der Waals surface area contributed by atoms with Crippen molar-refractivity contribution in [3.05, 3.63) is 146 Å². The van der Waals surface area contributed by atoms with Crippen LogP contribution in [0.15, 0.2) is 146 Å². The summed E-state index contributed by atoms with van der Waals surface area (Å²) in [5.74, 6) is 0. The molecule has 2 nitrogen and oxygen atoms in total. The second-order valence-corrected chi connectivity index (χ2v) is 15.0. The molecular formula is C50H44N2. The molecule has 0 saturated carbocycles. The van der Waals surface area contributed by atoms with Gasteiger partial charge in [0.1, 0.15) is 0 Å². The molecule has 0 radical (unpaired) electrons. The van der Waals surface area contributed by atoms with Gasteiger partial charge in [0.15, 0.2) is 0 Å². The molecule has 10 rings (SSSR count). The average molecular weight is 673 g/mol. The molecule has 8 aromatic carbocycles. The Morgan fingerprint density at radius 3 is 1.42 bits per heavy atom. The normalized spacial score (nSPS) is 15.2. The lowest BCUT2D eigenvalue weighted by Gasteiger charge is -2.31. The Bertz CT molecular complexity index is 2590. The predicted octanol–water partition coefficient (Wildman–Crippen LogP) is 13.3. The highest BCUT2D eigenvalue weighted by Crippen LogP contribution is 2.49. The molecule has 0 amide bonds. The van der Waals surface area contributed by atoms with Crippen molar-refractivity contribution in [3.8, 4) is 33.4 Å². The van der Waals surface area contributed by atoms with E-state index < -0.39 is 0 Å². The Hall–Kier alpha value is -5.60. The number of hydrogen-bond acceptors (Lipinski definition) is 2. The average Bonchev–Trinajstić information content (AvgIpc) is 3.22. The minimum atomic E-state index is 1.12. The van der Waals surface area contributed by atoms with Crippen LogP contribution in [0.1, 0.15) is 38.5 Å². The van der Waals surface area contributed by atoms with Gasteiger partial charge in [-0.15, -0.1) is 0 Å². The van der Waals surface area contributed by atoms with E-state index in [-0.39, 0.29) is 0 Å². The van der Waals surface area contributed by atoms with E-state index in [4.69, 9.17) is 0 Å². The van der Waals surface area contributed by atoms with Gasteiger partial charge in [0.05, 0.1) is 0 Å². The van der Waals surface area contributed by atoms with Crippen molar-refractivity contribution in [1.82, 2.24) is 0 Å². The van der Waals surface area contributed by atoms with Crippen LogP contribution in [0.3, 0.4) is 0 Å². The second kappa shape index (κ2) is 13.2. The number of benzene rings is 8. The zero-order valence-electron chi connectivity index (χ0n) is 29.8. The monoisotopic (exact) mass is 672 g/mol. The molecule has 2 aliphatic heterocycles. The van der Waals surface area contributed by atoms with E-state index in [1.165, 1.54) is 126 Å². The van der Waals surface area contributed by atoms with Crippen molar-refractivity contribution in [2.24, 2.45) is 0 Å². The smallest absolute Gasteiger partial charge is 0.0372 e. The third kappa shape index (κ3) is 5.49. The van der Waals surface area contributed by atoms with Crippen LogP contribution < -0.4 is 9.80 Å². The fraction of sp³-hybridized carbons (Fsp3) is 0.200. The summed E-state index contributed by atoms with van der Waals surface area (Å²) in [6.07, 6.45) is 7.68. The first-order valence-corrected chi connectivity index (χ1v) is 19.4. The van der Waals surface area contributed by atoms with E-state index >= 15 is 0 Å². The maximum Gasteiger partial charge on any atom is 0.0372 e. The lowest BCUT2D eigenvalue weighted by molar-refractivity contribution is 0.578. The largest absolute Gasteiger partial charge is 0.372 e. The highest BCUT2D eigenvalue weighted by Gasteiger charge is 2.23. The summed E-state index contributed by atoms with van der Waals surface area (Å²) in [6.45, 7) is 4.49. The summed E-state index contributed by atoms with van der Waals surface area (Å²) in [7, 11) is 0. The molecule has 2 heterocycles. The van der Waals surface area contributed by atoms with Crippen molar-refractivity contribution in [1.29, 1.82) is 0 Å². The summed E-state index contributed by atoms with van der Waals surface area (Å²) in [6, 6.07) is 55.4. The van der Waals surface area contributed by atoms with Crippen LogP contribution >= 0.6 is 0 Å². The van der Waals surface area contributed by atoms with Gasteiger partial charge in [0.2, 0.25) is 0 Å². The van der Waals surface area contributed by atoms with E-state index in [0.717, 1.165) is 26.2 Å². The van der Waals surface area contributed by atoms with E-state index in [9.17, 15) is 0 Å². The van der Waals surface area contributed by atoms with E-state index in [1.807, 2.05) is 0 Å². The van der Waals surface area contributed by atoms with Gasteiger partial charge in [-0.1, -0.05) is 103 Å². The Kier molecular flexibility index (Phi) is 7.90. The predicted molar refractivity (Wildman–Crippen MR) is 225 cm³/mol. The van der Waals surface area contributed by atoms with Crippen molar-refractivity contribution in [3.63, 3.8) is 0 Å². The summed E-state index contributed by atoms with van der Waals surface area (Å²) < 4.78 is 0. The summed E-state index contributed by atoms with van der Waals surface area (Å²) in [5, 5.41) is 10.4. The lowest BCUT2D eigenvalue weighted by atomic mass is 9.82. The second-order valence-electron chi connectivity index (χ2n) is 15.0. The standard InChI is InChI=1S/C50H44N2/c1-4-15-36(16-5-1)45-31-38-18-8-9-19-39(38)32-46(45)50-44-25-23-41(51-26-10-2-11-27-51)33-47(44)49(40-21-20-35-14-6-7-17-37(35)30-40)43-24-22-42(34-48(43)50)52-28-12-3-13-29-52/h1,4-9,14-25,30-34H,2-3,10-13,26-29H2. The molecule has 2 aliphatic rings. The van der Waals surface area contributed by atoms with Crippen molar-refractivity contribution < 1.29 is 0 Å². The van der Waals surface area contributed by atoms with E-state index in [1.54, 1.807) is 0 Å². The molecule has 0 atom stereocenters. The minimum Gasteiger partial charge on any atom is -0.372 e. The van der Waals surface area contributed by atoms with Crippen LogP contribution in [-0.4, -0.2) is 26.2 Å². The fourth-order valence-corrected chi connectivity index (χ4v) is 9.15. The molecule has 52 heavy (non-hydrogen) atoms. The first-order chi connectivity index (χ1) is 25.8. The zero-order chi connectivity index (χ0) is 34.4. The topological polar surface area (TPSA) is 6.48 Å². The van der Waals surface area contributed by atoms with Crippen molar-refractivity contribution in [2.75, 3.05) is 36.0 Å². The molecule has 0 spiro atoms. The van der Waals surface area contributed by atoms with E-state index in [0.29, 0.717) is 0 Å². The molecule has 0 aromatic heterocycles. The Morgan fingerprint density at radius 2 is 0.808 bits per heavy atom. The Morgan fingerprint density at radius 1 is 0.308 bits per heavy atom. The Labute approximate surface area is 306 Å². The third-order valence-corrected chi connectivity index (χ3v) is 11.8. The number of nitrogens with zero attached hydrogens (tertiary/aromatic N) is 2. The molecule has 0 aliphatic carbocycles. The number of piperidine rings is 2. The van der Waals surface area contributed by atoms with Crippen molar-refractivity contribution >= 4 is 54.5 Å². The van der Waals surface area contributed by atoms with Gasteiger partial charge in [-0.25, -0.2) is 0 Å². The molecule has 0 N–H and O–H groups in total. The van der Waals surface area contributed by atoms with Gasteiger partial charge in [-0.2, -0.15) is 0 Å². The van der Waals surface area contributed by atoms with Gasteiger partial charge in [0, 0.05) is 37.6 Å². The summed E-state index contributed by atoms with van der Waals surface area (Å²) in [5.41, 5.74) is 10.5. The van der Waals surface area contributed by atoms with Gasteiger partial charge in [-0.3, -0.25) is 0 Å². The minimum absolute atomic E-state index is 1.12. The highest BCUT2D eigenvalue weighted by atomic mass is 15.1. The third-order valence-electron chi connectivity index (χ3n) is 11.8. The molecule has 2 heteroatoms. The van der Waals surface area contributed by atoms with Crippen LogP contribution in [0.5, 0.6) is 0 Å². The molecule has 2 saturated heterocycles. The highest BCUT2D eigenvalue weighted by molar-refractivity contribution is 6.24. The van der Waals surface area contributed by atoms with Crippen LogP contribution in [0.25, 0.3) is 76.5 Å². The first kappa shape index (κ1) is 31.2. The number of hydrogen-bond donors (Lipinski definition) is 0. The molecule has 2 fully saturated rings. The van der Waals surface area contributed by atoms with Gasteiger partial charge in [0.25, 0.3) is 0 Å². The van der Waals surface area contributed by atoms with Crippen LogP contribution in [0.4, 0.5) is 11.4 Å². The summed E-state index contributed by atoms with van der Waals surface area (Å²) in [4.78, 5) is 5.23. The summed E-state index contributed by atoms with van der Waals surface area (Å²) >= 11 is 0. The maximum absolute atomic E-state index is 2.62.